The van der Waals surface area contributed by atoms with E-state index in [2.05, 4.69) is 5.32 Å². The van der Waals surface area contributed by atoms with Gasteiger partial charge in [0, 0.05) is 13.1 Å². The summed E-state index contributed by atoms with van der Waals surface area (Å²) in [7, 11) is 0. The van der Waals surface area contributed by atoms with E-state index >= 15 is 0 Å². The van der Waals surface area contributed by atoms with Crippen LogP contribution in [0.4, 0.5) is 4.79 Å². The molecule has 1 aromatic rings. The number of nitrogens with one attached hydrogen (secondary N) is 1. The summed E-state index contributed by atoms with van der Waals surface area (Å²) >= 11 is 0. The average molecular weight is 302 g/mol. The van der Waals surface area contributed by atoms with Crippen LogP contribution in [0.1, 0.15) is 38.8 Å². The van der Waals surface area contributed by atoms with Crippen molar-refractivity contribution in [2.45, 2.75) is 38.8 Å². The number of carbonyl (C=O) groups excluding carboxylic acids is 2. The lowest BCUT2D eigenvalue weighted by atomic mass is 9.76. The highest BCUT2D eigenvalue weighted by molar-refractivity contribution is 5.89. The summed E-state index contributed by atoms with van der Waals surface area (Å²) in [6, 6.07) is 9.99. The highest BCUT2D eigenvalue weighted by Gasteiger charge is 2.56. The Kier molecular flexibility index (Phi) is 3.38. The van der Waals surface area contributed by atoms with Crippen LogP contribution in [0.2, 0.25) is 0 Å². The Morgan fingerprint density at radius 2 is 1.91 bits per heavy atom. The minimum absolute atomic E-state index is 0.0366. The van der Waals surface area contributed by atoms with Gasteiger partial charge in [0.25, 0.3) is 0 Å². The molecule has 2 amide bonds. The van der Waals surface area contributed by atoms with E-state index in [1.807, 2.05) is 51.1 Å². The maximum atomic E-state index is 12.3. The fraction of sp³-hybridized carbons (Fsp3) is 0.529. The van der Waals surface area contributed by atoms with Crippen molar-refractivity contribution in [3.8, 4) is 0 Å². The fourth-order valence-corrected chi connectivity index (χ4v) is 3.15. The van der Waals surface area contributed by atoms with Crippen molar-refractivity contribution < 1.29 is 14.3 Å². The molecule has 0 aliphatic carbocycles. The second kappa shape index (κ2) is 5.00. The van der Waals surface area contributed by atoms with E-state index in [1.54, 1.807) is 4.90 Å². The number of hydrogen-bond donors (Lipinski definition) is 1. The minimum Gasteiger partial charge on any atom is -0.444 e. The van der Waals surface area contributed by atoms with E-state index in [4.69, 9.17) is 4.74 Å². The van der Waals surface area contributed by atoms with Gasteiger partial charge in [-0.2, -0.15) is 0 Å². The topological polar surface area (TPSA) is 58.6 Å². The fourth-order valence-electron chi connectivity index (χ4n) is 3.15. The molecular formula is C17H22N2O3. The lowest BCUT2D eigenvalue weighted by Crippen LogP contribution is -2.62. The minimum atomic E-state index is -0.510. The molecule has 2 heterocycles. The van der Waals surface area contributed by atoms with Crippen LogP contribution in [-0.4, -0.2) is 35.6 Å². The van der Waals surface area contributed by atoms with E-state index in [-0.39, 0.29) is 18.0 Å². The first kappa shape index (κ1) is 14.9. The van der Waals surface area contributed by atoms with Crippen LogP contribution >= 0.6 is 0 Å². The van der Waals surface area contributed by atoms with Crippen molar-refractivity contribution in [3.63, 3.8) is 0 Å². The van der Waals surface area contributed by atoms with E-state index in [1.165, 1.54) is 0 Å². The molecule has 2 saturated heterocycles. The van der Waals surface area contributed by atoms with Crippen LogP contribution in [0.25, 0.3) is 0 Å². The molecule has 0 bridgehead atoms. The lowest BCUT2D eigenvalue weighted by molar-refractivity contribution is -0.135. The Balaban J connectivity index is 1.63. The maximum absolute atomic E-state index is 12.3. The number of nitrogens with zero attached hydrogens (tertiary/aromatic N) is 1. The Hall–Kier alpha value is -2.04. The highest BCUT2D eigenvalue weighted by atomic mass is 16.6. The zero-order valence-corrected chi connectivity index (χ0v) is 13.3. The van der Waals surface area contributed by atoms with E-state index in [0.29, 0.717) is 13.1 Å². The molecule has 3 rings (SSSR count). The summed E-state index contributed by atoms with van der Waals surface area (Å²) in [4.78, 5) is 25.9. The van der Waals surface area contributed by atoms with Gasteiger partial charge in [-0.3, -0.25) is 4.79 Å². The molecule has 2 aliphatic rings. The van der Waals surface area contributed by atoms with Crippen LogP contribution in [0.15, 0.2) is 30.3 Å². The van der Waals surface area contributed by atoms with Gasteiger partial charge in [0.15, 0.2) is 0 Å². The van der Waals surface area contributed by atoms with E-state index < -0.39 is 11.0 Å². The molecule has 118 valence electrons. The van der Waals surface area contributed by atoms with Crippen LogP contribution in [0.5, 0.6) is 0 Å². The molecule has 0 saturated carbocycles. The molecule has 2 fully saturated rings. The second-order valence-electron chi connectivity index (χ2n) is 7.26. The van der Waals surface area contributed by atoms with Gasteiger partial charge in [-0.15, -0.1) is 0 Å². The Morgan fingerprint density at radius 3 is 2.50 bits per heavy atom. The van der Waals surface area contributed by atoms with Crippen LogP contribution < -0.4 is 5.32 Å². The smallest absolute Gasteiger partial charge is 0.410 e. The van der Waals surface area contributed by atoms with Crippen molar-refractivity contribution in [2.75, 3.05) is 13.1 Å². The van der Waals surface area contributed by atoms with Crippen molar-refractivity contribution in [3.05, 3.63) is 35.9 Å². The highest BCUT2D eigenvalue weighted by Crippen LogP contribution is 2.44. The molecule has 2 aliphatic heterocycles. The molecule has 0 unspecified atom stereocenters. The van der Waals surface area contributed by atoms with Crippen LogP contribution in [-0.2, 0) is 9.53 Å². The zero-order chi connectivity index (χ0) is 16.0. The predicted molar refractivity (Wildman–Crippen MR) is 82.2 cm³/mol. The SMILES string of the molecule is CC(C)(C)OC(=O)N1CC2(C[C@@H](c3ccccc3)NC2=O)C1. The quantitative estimate of drug-likeness (QED) is 0.867. The van der Waals surface area contributed by atoms with E-state index in [9.17, 15) is 9.59 Å². The third kappa shape index (κ3) is 2.67. The molecule has 0 radical (unpaired) electrons. The molecule has 0 aromatic heterocycles. The number of ether oxygens (including phenoxy) is 1. The summed E-state index contributed by atoms with van der Waals surface area (Å²) in [5.41, 5.74) is 0.158. The first-order chi connectivity index (χ1) is 10.3. The molecule has 5 nitrogen and oxygen atoms in total. The maximum Gasteiger partial charge on any atom is 0.410 e. The van der Waals surface area contributed by atoms with Gasteiger partial charge in [-0.1, -0.05) is 30.3 Å². The lowest BCUT2D eigenvalue weighted by Gasteiger charge is -2.45. The molecule has 1 N–H and O–H groups in total. The van der Waals surface area contributed by atoms with Crippen LogP contribution in [0.3, 0.4) is 0 Å². The number of amides is 2. The summed E-state index contributed by atoms with van der Waals surface area (Å²) in [6.45, 7) is 6.41. The number of likely N-dealkylation sites (tertiary alicyclic amines) is 1. The number of carbonyl (C=O) groups is 2. The van der Waals surface area contributed by atoms with Gasteiger partial charge >= 0.3 is 6.09 Å². The largest absolute Gasteiger partial charge is 0.444 e. The van der Waals surface area contributed by atoms with Gasteiger partial charge in [0.1, 0.15) is 5.60 Å². The molecular weight excluding hydrogens is 280 g/mol. The summed E-state index contributed by atoms with van der Waals surface area (Å²) in [6.07, 6.45) is 0.392. The van der Waals surface area contributed by atoms with Gasteiger partial charge in [0.05, 0.1) is 11.5 Å². The standard InChI is InChI=1S/C17H22N2O3/c1-16(2,3)22-15(21)19-10-17(11-19)9-13(18-14(17)20)12-7-5-4-6-8-12/h4-8,13H,9-11H2,1-3H3,(H,18,20)/t13-/m0/s1. The van der Waals surface area contributed by atoms with Gasteiger partial charge in [-0.05, 0) is 32.8 Å². The Morgan fingerprint density at radius 1 is 1.27 bits per heavy atom. The predicted octanol–water partition coefficient (Wildman–Crippen LogP) is 2.48. The first-order valence-corrected chi connectivity index (χ1v) is 7.63. The van der Waals surface area contributed by atoms with Crippen LogP contribution in [0, 0.1) is 5.41 Å². The molecule has 1 aromatic carbocycles. The number of benzene rings is 1. The third-order valence-corrected chi connectivity index (χ3v) is 4.22. The van der Waals surface area contributed by atoms with E-state index in [0.717, 1.165) is 12.0 Å². The summed E-state index contributed by atoms with van der Waals surface area (Å²) < 4.78 is 5.35. The van der Waals surface area contributed by atoms with Gasteiger partial charge in [-0.25, -0.2) is 4.79 Å². The third-order valence-electron chi connectivity index (χ3n) is 4.22. The van der Waals surface area contributed by atoms with Gasteiger partial charge < -0.3 is 15.0 Å². The Labute approximate surface area is 130 Å². The Bertz CT molecular complexity index is 586. The first-order valence-electron chi connectivity index (χ1n) is 7.63. The monoisotopic (exact) mass is 302 g/mol. The number of rotatable bonds is 1. The van der Waals surface area contributed by atoms with Crippen molar-refractivity contribution >= 4 is 12.0 Å². The summed E-state index contributed by atoms with van der Waals surface area (Å²) in [5, 5.41) is 3.05. The second-order valence-corrected chi connectivity index (χ2v) is 7.26. The molecule has 1 spiro atoms. The average Bonchev–Trinajstić information content (AvgIpc) is 2.74. The molecule has 22 heavy (non-hydrogen) atoms. The van der Waals surface area contributed by atoms with Gasteiger partial charge in [0.2, 0.25) is 5.91 Å². The zero-order valence-electron chi connectivity index (χ0n) is 13.3. The number of hydrogen-bond acceptors (Lipinski definition) is 3. The normalized spacial score (nSPS) is 23.1. The molecule has 1 atom stereocenters. The molecule has 5 heteroatoms. The van der Waals surface area contributed by atoms with Crippen molar-refractivity contribution in [1.82, 2.24) is 10.2 Å². The van der Waals surface area contributed by atoms with Crippen molar-refractivity contribution in [1.29, 1.82) is 0 Å². The summed E-state index contributed by atoms with van der Waals surface area (Å²) in [5.74, 6) is 0.0427. The van der Waals surface area contributed by atoms with Crippen molar-refractivity contribution in [2.24, 2.45) is 5.41 Å².